The number of rotatable bonds is 4. The second-order valence-corrected chi connectivity index (χ2v) is 4.68. The normalized spacial score (nSPS) is 21.5. The Bertz CT molecular complexity index is 337. The number of fused-ring (bicyclic) bond motifs is 1. The highest BCUT2D eigenvalue weighted by atomic mass is 16.3. The Kier molecular flexibility index (Phi) is 3.97. The molecule has 2 N–H and O–H groups in total. The summed E-state index contributed by atoms with van der Waals surface area (Å²) in [6.45, 7) is 2.74. The first kappa shape index (κ1) is 11.6. The van der Waals surface area contributed by atoms with Crippen molar-refractivity contribution in [2.75, 3.05) is 6.54 Å². The third-order valence-electron chi connectivity index (χ3n) is 3.46. The van der Waals surface area contributed by atoms with Crippen molar-refractivity contribution in [2.45, 2.75) is 44.8 Å². The molecule has 2 atom stereocenters. The highest BCUT2D eigenvalue weighted by molar-refractivity contribution is 5.30. The Labute approximate surface area is 97.7 Å². The van der Waals surface area contributed by atoms with Crippen LogP contribution in [0.25, 0.3) is 0 Å². The van der Waals surface area contributed by atoms with Crippen LogP contribution in [0.1, 0.15) is 30.9 Å². The molecule has 2 heteroatoms. The minimum Gasteiger partial charge on any atom is -0.392 e. The summed E-state index contributed by atoms with van der Waals surface area (Å²) in [5.41, 5.74) is 2.97. The first-order chi connectivity index (χ1) is 7.79. The van der Waals surface area contributed by atoms with Crippen molar-refractivity contribution in [3.8, 4) is 0 Å². The highest BCUT2D eigenvalue weighted by Gasteiger charge is 2.17. The molecule has 1 aromatic carbocycles. The molecular formula is C14H21NO. The molecule has 0 fully saturated rings. The molecule has 0 aliphatic heterocycles. The second-order valence-electron chi connectivity index (χ2n) is 4.68. The van der Waals surface area contributed by atoms with Gasteiger partial charge < -0.3 is 10.4 Å². The molecule has 2 nitrogen and oxygen atoms in total. The molecule has 88 valence electrons. The van der Waals surface area contributed by atoms with Crippen LogP contribution in [-0.4, -0.2) is 23.8 Å². The molecule has 1 aliphatic rings. The van der Waals surface area contributed by atoms with Crippen molar-refractivity contribution in [1.29, 1.82) is 0 Å². The Hall–Kier alpha value is -0.860. The quantitative estimate of drug-likeness (QED) is 0.810. The number of benzene rings is 1. The van der Waals surface area contributed by atoms with Gasteiger partial charge >= 0.3 is 0 Å². The molecule has 0 radical (unpaired) electrons. The number of nitrogens with one attached hydrogen (secondary N) is 1. The average molecular weight is 219 g/mol. The summed E-state index contributed by atoms with van der Waals surface area (Å²) in [6.07, 6.45) is 4.09. The standard InChI is InChI=1S/C14H21NO/c1-2-14(16)10-15-13-8-7-11-5-3-4-6-12(11)9-13/h3-6,13-16H,2,7-10H2,1H3. The molecule has 0 aromatic heterocycles. The number of aryl methyl sites for hydroxylation is 1. The zero-order valence-corrected chi connectivity index (χ0v) is 9.95. The summed E-state index contributed by atoms with van der Waals surface area (Å²) in [6, 6.07) is 9.22. The Balaban J connectivity index is 1.88. The fourth-order valence-corrected chi connectivity index (χ4v) is 2.32. The van der Waals surface area contributed by atoms with Crippen molar-refractivity contribution in [1.82, 2.24) is 5.32 Å². The van der Waals surface area contributed by atoms with Gasteiger partial charge in [-0.05, 0) is 36.8 Å². The van der Waals surface area contributed by atoms with Crippen LogP contribution in [0.2, 0.25) is 0 Å². The Morgan fingerprint density at radius 2 is 2.12 bits per heavy atom. The smallest absolute Gasteiger partial charge is 0.0662 e. The topological polar surface area (TPSA) is 32.3 Å². The first-order valence-corrected chi connectivity index (χ1v) is 6.27. The van der Waals surface area contributed by atoms with Crippen molar-refractivity contribution in [3.05, 3.63) is 35.4 Å². The van der Waals surface area contributed by atoms with E-state index in [0.29, 0.717) is 6.04 Å². The summed E-state index contributed by atoms with van der Waals surface area (Å²) >= 11 is 0. The summed E-state index contributed by atoms with van der Waals surface area (Å²) < 4.78 is 0. The van der Waals surface area contributed by atoms with E-state index in [0.717, 1.165) is 25.8 Å². The van der Waals surface area contributed by atoms with Gasteiger partial charge in [0, 0.05) is 12.6 Å². The van der Waals surface area contributed by atoms with Gasteiger partial charge in [-0.1, -0.05) is 31.2 Å². The van der Waals surface area contributed by atoms with E-state index in [2.05, 4.69) is 29.6 Å². The van der Waals surface area contributed by atoms with Gasteiger partial charge in [0.25, 0.3) is 0 Å². The van der Waals surface area contributed by atoms with Crippen LogP contribution in [0, 0.1) is 0 Å². The van der Waals surface area contributed by atoms with Crippen LogP contribution in [-0.2, 0) is 12.8 Å². The van der Waals surface area contributed by atoms with Crippen LogP contribution < -0.4 is 5.32 Å². The predicted molar refractivity (Wildman–Crippen MR) is 66.6 cm³/mol. The third kappa shape index (κ3) is 2.83. The van der Waals surface area contributed by atoms with Crippen molar-refractivity contribution in [3.63, 3.8) is 0 Å². The van der Waals surface area contributed by atoms with Gasteiger partial charge in [0.1, 0.15) is 0 Å². The molecule has 1 aromatic rings. The van der Waals surface area contributed by atoms with E-state index in [1.807, 2.05) is 6.92 Å². The zero-order valence-electron chi connectivity index (χ0n) is 9.95. The number of hydrogen-bond acceptors (Lipinski definition) is 2. The summed E-state index contributed by atoms with van der Waals surface area (Å²) in [5, 5.41) is 13.0. The van der Waals surface area contributed by atoms with E-state index in [9.17, 15) is 5.11 Å². The number of hydrogen-bond donors (Lipinski definition) is 2. The maximum absolute atomic E-state index is 9.52. The third-order valence-corrected chi connectivity index (χ3v) is 3.46. The fraction of sp³-hybridized carbons (Fsp3) is 0.571. The van der Waals surface area contributed by atoms with Gasteiger partial charge in [-0.2, -0.15) is 0 Å². The maximum Gasteiger partial charge on any atom is 0.0662 e. The minimum atomic E-state index is -0.197. The lowest BCUT2D eigenvalue weighted by Gasteiger charge is -2.26. The molecular weight excluding hydrogens is 198 g/mol. The SMILES string of the molecule is CCC(O)CNC1CCc2ccccc2C1. The van der Waals surface area contributed by atoms with Crippen LogP contribution in [0.15, 0.2) is 24.3 Å². The van der Waals surface area contributed by atoms with E-state index < -0.39 is 0 Å². The molecule has 0 bridgehead atoms. The van der Waals surface area contributed by atoms with Crippen molar-refractivity contribution in [2.24, 2.45) is 0 Å². The number of aliphatic hydroxyl groups is 1. The molecule has 16 heavy (non-hydrogen) atoms. The molecule has 1 aliphatic carbocycles. The zero-order chi connectivity index (χ0) is 11.4. The van der Waals surface area contributed by atoms with E-state index in [1.165, 1.54) is 17.5 Å². The van der Waals surface area contributed by atoms with Gasteiger partial charge in [-0.25, -0.2) is 0 Å². The van der Waals surface area contributed by atoms with E-state index in [4.69, 9.17) is 0 Å². The number of aliphatic hydroxyl groups excluding tert-OH is 1. The molecule has 0 spiro atoms. The average Bonchev–Trinajstić information content (AvgIpc) is 2.35. The molecule has 2 unspecified atom stereocenters. The van der Waals surface area contributed by atoms with Gasteiger partial charge in [-0.15, -0.1) is 0 Å². The lowest BCUT2D eigenvalue weighted by atomic mass is 9.88. The van der Waals surface area contributed by atoms with Gasteiger partial charge in [-0.3, -0.25) is 0 Å². The van der Waals surface area contributed by atoms with Crippen LogP contribution in [0.5, 0.6) is 0 Å². The molecule has 0 saturated carbocycles. The predicted octanol–water partition coefficient (Wildman–Crippen LogP) is 1.90. The fourth-order valence-electron chi connectivity index (χ4n) is 2.32. The lowest BCUT2D eigenvalue weighted by Crippen LogP contribution is -2.39. The molecule has 0 amide bonds. The summed E-state index contributed by atoms with van der Waals surface area (Å²) in [7, 11) is 0. The summed E-state index contributed by atoms with van der Waals surface area (Å²) in [5.74, 6) is 0. The van der Waals surface area contributed by atoms with E-state index in [-0.39, 0.29) is 6.10 Å². The second kappa shape index (κ2) is 5.46. The molecule has 0 heterocycles. The van der Waals surface area contributed by atoms with Crippen LogP contribution in [0.4, 0.5) is 0 Å². The first-order valence-electron chi connectivity index (χ1n) is 6.27. The van der Waals surface area contributed by atoms with E-state index in [1.54, 1.807) is 0 Å². The van der Waals surface area contributed by atoms with Crippen molar-refractivity contribution < 1.29 is 5.11 Å². The monoisotopic (exact) mass is 219 g/mol. The molecule has 2 rings (SSSR count). The lowest BCUT2D eigenvalue weighted by molar-refractivity contribution is 0.161. The minimum absolute atomic E-state index is 0.197. The van der Waals surface area contributed by atoms with Crippen LogP contribution >= 0.6 is 0 Å². The molecule has 0 saturated heterocycles. The maximum atomic E-state index is 9.52. The van der Waals surface area contributed by atoms with Gasteiger partial charge in [0.15, 0.2) is 0 Å². The van der Waals surface area contributed by atoms with Crippen LogP contribution in [0.3, 0.4) is 0 Å². The van der Waals surface area contributed by atoms with Gasteiger partial charge in [0.2, 0.25) is 0 Å². The van der Waals surface area contributed by atoms with Gasteiger partial charge in [0.05, 0.1) is 6.10 Å². The largest absolute Gasteiger partial charge is 0.392 e. The Morgan fingerprint density at radius 1 is 1.38 bits per heavy atom. The Morgan fingerprint density at radius 3 is 2.88 bits per heavy atom. The summed E-state index contributed by atoms with van der Waals surface area (Å²) in [4.78, 5) is 0. The van der Waals surface area contributed by atoms with E-state index >= 15 is 0 Å². The van der Waals surface area contributed by atoms with Crippen molar-refractivity contribution >= 4 is 0 Å². The highest BCUT2D eigenvalue weighted by Crippen LogP contribution is 2.20.